The Hall–Kier alpha value is -1.51. The number of rotatable bonds is 6. The Kier molecular flexibility index (Phi) is 5.20. The van der Waals surface area contributed by atoms with Gasteiger partial charge in [-0.25, -0.2) is 0 Å². The van der Waals surface area contributed by atoms with Crippen molar-refractivity contribution in [3.05, 3.63) is 23.8 Å². The lowest BCUT2D eigenvalue weighted by Crippen LogP contribution is -2.11. The van der Waals surface area contributed by atoms with Crippen LogP contribution in [0.5, 0.6) is 11.5 Å². The van der Waals surface area contributed by atoms with Crippen LogP contribution in [0.2, 0.25) is 0 Å². The summed E-state index contributed by atoms with van der Waals surface area (Å²) >= 11 is 0. The monoisotopic (exact) mass is 250 g/mol. The number of ketones is 1. The van der Waals surface area contributed by atoms with Gasteiger partial charge in [-0.2, -0.15) is 0 Å². The molecule has 1 aromatic rings. The van der Waals surface area contributed by atoms with E-state index >= 15 is 0 Å². The molecular weight excluding hydrogens is 228 g/mol. The summed E-state index contributed by atoms with van der Waals surface area (Å²) in [5.74, 6) is 1.41. The zero-order valence-corrected chi connectivity index (χ0v) is 11.8. The zero-order chi connectivity index (χ0) is 13.7. The maximum Gasteiger partial charge on any atom is 0.166 e. The van der Waals surface area contributed by atoms with Crippen LogP contribution in [-0.4, -0.2) is 18.0 Å². The van der Waals surface area contributed by atoms with Crippen molar-refractivity contribution in [1.82, 2.24) is 0 Å². The van der Waals surface area contributed by atoms with Crippen LogP contribution in [0.25, 0.3) is 0 Å². The smallest absolute Gasteiger partial charge is 0.166 e. The first-order chi connectivity index (χ1) is 8.43. The molecular formula is C15H22O3. The summed E-state index contributed by atoms with van der Waals surface area (Å²) in [5, 5.41) is 0. The van der Waals surface area contributed by atoms with E-state index in [0.29, 0.717) is 23.5 Å². The van der Waals surface area contributed by atoms with E-state index < -0.39 is 0 Å². The van der Waals surface area contributed by atoms with Crippen LogP contribution in [0.3, 0.4) is 0 Å². The largest absolute Gasteiger partial charge is 0.491 e. The average molecular weight is 250 g/mol. The molecule has 1 aromatic carbocycles. The second-order valence-corrected chi connectivity index (χ2v) is 4.77. The third-order valence-corrected chi connectivity index (χ3v) is 2.31. The molecule has 3 heteroatoms. The van der Waals surface area contributed by atoms with Crippen LogP contribution in [-0.2, 0) is 0 Å². The summed E-state index contributed by atoms with van der Waals surface area (Å²) in [6, 6.07) is 5.41. The highest BCUT2D eigenvalue weighted by atomic mass is 16.5. The second-order valence-electron chi connectivity index (χ2n) is 4.77. The van der Waals surface area contributed by atoms with Crippen LogP contribution in [0.4, 0.5) is 0 Å². The summed E-state index contributed by atoms with van der Waals surface area (Å²) in [6.45, 7) is 9.65. The van der Waals surface area contributed by atoms with E-state index in [-0.39, 0.29) is 18.0 Å². The normalized spacial score (nSPS) is 10.8. The molecule has 0 spiro atoms. The van der Waals surface area contributed by atoms with Crippen molar-refractivity contribution in [3.8, 4) is 11.5 Å². The second kappa shape index (κ2) is 6.43. The first-order valence-corrected chi connectivity index (χ1v) is 6.44. The highest BCUT2D eigenvalue weighted by molar-refractivity contribution is 5.98. The van der Waals surface area contributed by atoms with Gasteiger partial charge in [0.2, 0.25) is 0 Å². The minimum atomic E-state index is 0.0465. The van der Waals surface area contributed by atoms with E-state index in [2.05, 4.69) is 0 Å². The van der Waals surface area contributed by atoms with Gasteiger partial charge in [0.05, 0.1) is 17.8 Å². The zero-order valence-electron chi connectivity index (χ0n) is 11.8. The molecule has 18 heavy (non-hydrogen) atoms. The molecule has 100 valence electrons. The molecule has 1 rings (SSSR count). The van der Waals surface area contributed by atoms with Crippen molar-refractivity contribution in [2.75, 3.05) is 0 Å². The van der Waals surface area contributed by atoms with Crippen molar-refractivity contribution in [1.29, 1.82) is 0 Å². The maximum absolute atomic E-state index is 11.9. The first-order valence-electron chi connectivity index (χ1n) is 6.44. The van der Waals surface area contributed by atoms with Crippen molar-refractivity contribution in [3.63, 3.8) is 0 Å². The van der Waals surface area contributed by atoms with E-state index in [1.165, 1.54) is 0 Å². The minimum absolute atomic E-state index is 0.0465. The first kappa shape index (κ1) is 14.6. The highest BCUT2D eigenvalue weighted by Gasteiger charge is 2.14. The number of benzene rings is 1. The van der Waals surface area contributed by atoms with Gasteiger partial charge in [-0.05, 0) is 45.9 Å². The molecule has 0 radical (unpaired) electrons. The molecule has 0 amide bonds. The van der Waals surface area contributed by atoms with Gasteiger partial charge in [0.1, 0.15) is 11.5 Å². The lowest BCUT2D eigenvalue weighted by Gasteiger charge is -2.16. The third-order valence-electron chi connectivity index (χ3n) is 2.31. The Labute approximate surface area is 109 Å². The molecule has 0 heterocycles. The molecule has 0 atom stereocenters. The number of carbonyl (C=O) groups is 1. The van der Waals surface area contributed by atoms with Crippen molar-refractivity contribution in [2.24, 2.45) is 0 Å². The van der Waals surface area contributed by atoms with Gasteiger partial charge in [-0.3, -0.25) is 4.79 Å². The fourth-order valence-corrected chi connectivity index (χ4v) is 1.62. The Bertz CT molecular complexity index is 408. The summed E-state index contributed by atoms with van der Waals surface area (Å²) < 4.78 is 11.3. The van der Waals surface area contributed by atoms with Crippen molar-refractivity contribution < 1.29 is 14.3 Å². The molecule has 0 unspecified atom stereocenters. The highest BCUT2D eigenvalue weighted by Crippen LogP contribution is 2.27. The molecule has 0 aliphatic rings. The molecule has 0 saturated carbocycles. The van der Waals surface area contributed by atoms with Crippen LogP contribution in [0.15, 0.2) is 18.2 Å². The molecule has 0 fully saturated rings. The van der Waals surface area contributed by atoms with Gasteiger partial charge in [0.25, 0.3) is 0 Å². The minimum Gasteiger partial charge on any atom is -0.491 e. The van der Waals surface area contributed by atoms with Crippen LogP contribution >= 0.6 is 0 Å². The quantitative estimate of drug-likeness (QED) is 0.719. The van der Waals surface area contributed by atoms with Gasteiger partial charge in [0, 0.05) is 6.42 Å². The van der Waals surface area contributed by atoms with E-state index in [9.17, 15) is 4.79 Å². The predicted molar refractivity (Wildman–Crippen MR) is 72.6 cm³/mol. The predicted octanol–water partition coefficient (Wildman–Crippen LogP) is 3.85. The number of hydrogen-bond donors (Lipinski definition) is 0. The number of carbonyl (C=O) groups excluding carboxylic acids is 1. The molecule has 0 saturated heterocycles. The standard InChI is InChI=1S/C15H22O3/c1-6-14(16)13-9-12(17-10(2)3)7-8-15(13)18-11(4)5/h7-11H,6H2,1-5H3. The Morgan fingerprint density at radius 2 is 1.72 bits per heavy atom. The van der Waals surface area contributed by atoms with E-state index in [1.807, 2.05) is 40.7 Å². The molecule has 0 bridgehead atoms. The Balaban J connectivity index is 3.08. The number of Topliss-reactive ketones (excluding diaryl/α,β-unsaturated/α-hetero) is 1. The molecule has 0 aliphatic carbocycles. The average Bonchev–Trinajstić information content (AvgIpc) is 2.28. The molecule has 0 aliphatic heterocycles. The van der Waals surface area contributed by atoms with Gasteiger partial charge >= 0.3 is 0 Å². The molecule has 0 aromatic heterocycles. The molecule has 3 nitrogen and oxygen atoms in total. The van der Waals surface area contributed by atoms with Gasteiger partial charge < -0.3 is 9.47 Å². The topological polar surface area (TPSA) is 35.5 Å². The Morgan fingerprint density at radius 1 is 1.11 bits per heavy atom. The van der Waals surface area contributed by atoms with Gasteiger partial charge in [0.15, 0.2) is 5.78 Å². The Morgan fingerprint density at radius 3 is 2.22 bits per heavy atom. The lowest BCUT2D eigenvalue weighted by molar-refractivity contribution is 0.0981. The summed E-state index contributed by atoms with van der Waals surface area (Å²) in [5.41, 5.74) is 0.601. The lowest BCUT2D eigenvalue weighted by atomic mass is 10.1. The summed E-state index contributed by atoms with van der Waals surface area (Å²) in [4.78, 5) is 11.9. The van der Waals surface area contributed by atoms with E-state index in [4.69, 9.17) is 9.47 Å². The van der Waals surface area contributed by atoms with E-state index in [0.717, 1.165) is 0 Å². The summed E-state index contributed by atoms with van der Waals surface area (Å²) in [7, 11) is 0. The van der Waals surface area contributed by atoms with Crippen molar-refractivity contribution in [2.45, 2.75) is 53.2 Å². The fraction of sp³-hybridized carbons (Fsp3) is 0.533. The van der Waals surface area contributed by atoms with Gasteiger partial charge in [-0.1, -0.05) is 6.92 Å². The molecule has 0 N–H and O–H groups in total. The number of hydrogen-bond acceptors (Lipinski definition) is 3. The van der Waals surface area contributed by atoms with Crippen LogP contribution in [0.1, 0.15) is 51.4 Å². The fourth-order valence-electron chi connectivity index (χ4n) is 1.62. The third kappa shape index (κ3) is 4.06. The van der Waals surface area contributed by atoms with Crippen LogP contribution < -0.4 is 9.47 Å². The van der Waals surface area contributed by atoms with Gasteiger partial charge in [-0.15, -0.1) is 0 Å². The van der Waals surface area contributed by atoms with Crippen LogP contribution in [0, 0.1) is 0 Å². The van der Waals surface area contributed by atoms with Crippen molar-refractivity contribution >= 4 is 5.78 Å². The SMILES string of the molecule is CCC(=O)c1cc(OC(C)C)ccc1OC(C)C. The van der Waals surface area contributed by atoms with E-state index in [1.54, 1.807) is 12.1 Å². The maximum atomic E-state index is 11.9. The summed E-state index contributed by atoms with van der Waals surface area (Å²) in [6.07, 6.45) is 0.594. The number of ether oxygens (including phenoxy) is 2.